The van der Waals surface area contributed by atoms with Crippen molar-refractivity contribution in [1.29, 1.82) is 0 Å². The number of halogens is 2. The summed E-state index contributed by atoms with van der Waals surface area (Å²) in [5, 5.41) is 3.12. The van der Waals surface area contributed by atoms with E-state index in [0.29, 0.717) is 17.8 Å². The van der Waals surface area contributed by atoms with Gasteiger partial charge in [-0.25, -0.2) is 0 Å². The fourth-order valence-corrected chi connectivity index (χ4v) is 3.99. The molecule has 0 unspecified atom stereocenters. The lowest BCUT2D eigenvalue weighted by Crippen LogP contribution is -2.51. The Hall–Kier alpha value is -3.74. The molecule has 2 heterocycles. The molecule has 156 valence electrons. The first kappa shape index (κ1) is 19.2. The van der Waals surface area contributed by atoms with Crippen LogP contribution in [0.5, 0.6) is 5.75 Å². The van der Waals surface area contributed by atoms with Crippen LogP contribution in [-0.2, 0) is 11.2 Å². The molecule has 2 aromatic carbocycles. The molecule has 1 amide bonds. The number of alkyl halides is 2. The standard InChI is InChI=1S/C24H19F2N3O2/c25-24(26)23(30)29(14-11-17-6-5-16-3-1-2-4-20(16)17)21-8-7-19(15-22(21)31-24)28-18-9-12-27-13-10-18/h1-4,6-10,12-13,15H,5,11,14H2,(H,27,28). The molecule has 1 aromatic heterocycles. The highest BCUT2D eigenvalue weighted by Gasteiger charge is 2.50. The van der Waals surface area contributed by atoms with Crippen molar-refractivity contribution >= 4 is 28.5 Å². The highest BCUT2D eigenvalue weighted by Crippen LogP contribution is 2.42. The van der Waals surface area contributed by atoms with E-state index >= 15 is 0 Å². The van der Waals surface area contributed by atoms with Crippen molar-refractivity contribution in [1.82, 2.24) is 4.98 Å². The third-order valence-electron chi connectivity index (χ3n) is 5.49. The summed E-state index contributed by atoms with van der Waals surface area (Å²) in [5.41, 5.74) is 5.06. The zero-order chi connectivity index (χ0) is 21.4. The molecule has 31 heavy (non-hydrogen) atoms. The first-order chi connectivity index (χ1) is 15.0. The fourth-order valence-electron chi connectivity index (χ4n) is 3.99. The van der Waals surface area contributed by atoms with Gasteiger partial charge in [0.15, 0.2) is 5.75 Å². The van der Waals surface area contributed by atoms with Crippen molar-refractivity contribution in [2.24, 2.45) is 0 Å². The molecule has 1 N–H and O–H groups in total. The van der Waals surface area contributed by atoms with Crippen LogP contribution in [-0.4, -0.2) is 23.5 Å². The number of amides is 1. The quantitative estimate of drug-likeness (QED) is 0.620. The number of nitrogens with one attached hydrogen (secondary N) is 1. The van der Waals surface area contributed by atoms with E-state index in [0.717, 1.165) is 28.1 Å². The number of hydrogen-bond donors (Lipinski definition) is 1. The summed E-state index contributed by atoms with van der Waals surface area (Å²) in [5.74, 6) is -1.38. The summed E-state index contributed by atoms with van der Waals surface area (Å²) in [6.45, 7) is 0.141. The molecule has 0 saturated carbocycles. The number of carbonyl (C=O) groups excluding carboxylic acids is 1. The van der Waals surface area contributed by atoms with Gasteiger partial charge in [0.1, 0.15) is 0 Å². The summed E-state index contributed by atoms with van der Waals surface area (Å²) in [4.78, 5) is 17.5. The van der Waals surface area contributed by atoms with Gasteiger partial charge in [0.2, 0.25) is 0 Å². The van der Waals surface area contributed by atoms with Crippen LogP contribution >= 0.6 is 0 Å². The van der Waals surface area contributed by atoms with Gasteiger partial charge in [-0.05, 0) is 53.8 Å². The number of carbonyl (C=O) groups is 1. The summed E-state index contributed by atoms with van der Waals surface area (Å²) < 4.78 is 33.5. The van der Waals surface area contributed by atoms with E-state index in [-0.39, 0.29) is 12.3 Å². The molecule has 0 saturated heterocycles. The largest absolute Gasteiger partial charge is 0.482 e. The summed E-state index contributed by atoms with van der Waals surface area (Å²) in [6.07, 6.45) is 2.73. The Kier molecular flexibility index (Phi) is 4.66. The monoisotopic (exact) mass is 419 g/mol. The maximum atomic E-state index is 14.4. The summed E-state index contributed by atoms with van der Waals surface area (Å²) >= 11 is 0. The van der Waals surface area contributed by atoms with Crippen LogP contribution in [0.1, 0.15) is 17.5 Å². The predicted molar refractivity (Wildman–Crippen MR) is 115 cm³/mol. The van der Waals surface area contributed by atoms with Crippen LogP contribution in [0.3, 0.4) is 0 Å². The minimum absolute atomic E-state index is 0.0375. The zero-order valence-corrected chi connectivity index (χ0v) is 16.5. The van der Waals surface area contributed by atoms with Crippen molar-refractivity contribution < 1.29 is 18.3 Å². The van der Waals surface area contributed by atoms with E-state index in [9.17, 15) is 13.6 Å². The zero-order valence-electron chi connectivity index (χ0n) is 16.5. The Morgan fingerprint density at radius 2 is 1.87 bits per heavy atom. The van der Waals surface area contributed by atoms with E-state index in [2.05, 4.69) is 22.4 Å². The highest BCUT2D eigenvalue weighted by molar-refractivity contribution is 6.01. The van der Waals surface area contributed by atoms with Crippen LogP contribution < -0.4 is 15.0 Å². The maximum Gasteiger partial charge on any atom is 0.482 e. The molecule has 0 atom stereocenters. The van der Waals surface area contributed by atoms with Gasteiger partial charge in [-0.1, -0.05) is 30.3 Å². The van der Waals surface area contributed by atoms with Crippen LogP contribution in [0, 0.1) is 0 Å². The second-order valence-electron chi connectivity index (χ2n) is 7.46. The van der Waals surface area contributed by atoms with Gasteiger partial charge in [0.25, 0.3) is 0 Å². The van der Waals surface area contributed by atoms with E-state index in [1.807, 2.05) is 18.2 Å². The highest BCUT2D eigenvalue weighted by atomic mass is 19.3. The lowest BCUT2D eigenvalue weighted by molar-refractivity contribution is -0.192. The molecule has 0 spiro atoms. The molecule has 5 nitrogen and oxygen atoms in total. The van der Waals surface area contributed by atoms with Crippen molar-refractivity contribution in [3.05, 3.63) is 84.2 Å². The molecule has 5 rings (SSSR count). The number of nitrogens with zero attached hydrogens (tertiary/aromatic N) is 2. The Balaban J connectivity index is 1.40. The van der Waals surface area contributed by atoms with Gasteiger partial charge >= 0.3 is 12.0 Å². The summed E-state index contributed by atoms with van der Waals surface area (Å²) in [7, 11) is 0. The number of hydrogen-bond acceptors (Lipinski definition) is 4. The van der Waals surface area contributed by atoms with Gasteiger partial charge in [0, 0.05) is 36.4 Å². The molecule has 7 heteroatoms. The number of rotatable bonds is 5. The number of fused-ring (bicyclic) bond motifs is 2. The van der Waals surface area contributed by atoms with Crippen LogP contribution in [0.15, 0.2) is 73.1 Å². The number of pyridine rings is 1. The topological polar surface area (TPSA) is 54.5 Å². The maximum absolute atomic E-state index is 14.4. The normalized spacial score (nSPS) is 16.3. The van der Waals surface area contributed by atoms with Crippen molar-refractivity contribution in [3.8, 4) is 5.75 Å². The third kappa shape index (κ3) is 3.63. The first-order valence-corrected chi connectivity index (χ1v) is 9.98. The van der Waals surface area contributed by atoms with Crippen LogP contribution in [0.4, 0.5) is 25.8 Å². The second kappa shape index (κ2) is 7.50. The van der Waals surface area contributed by atoms with E-state index < -0.39 is 12.0 Å². The van der Waals surface area contributed by atoms with Crippen LogP contribution in [0.25, 0.3) is 5.57 Å². The molecule has 1 aliphatic heterocycles. The number of anilines is 3. The molecule has 0 radical (unpaired) electrons. The molecule has 0 bridgehead atoms. The van der Waals surface area contributed by atoms with E-state index in [4.69, 9.17) is 4.74 Å². The van der Waals surface area contributed by atoms with E-state index in [1.165, 1.54) is 11.6 Å². The van der Waals surface area contributed by atoms with E-state index in [1.54, 1.807) is 36.7 Å². The minimum Gasteiger partial charge on any atom is -0.423 e. The van der Waals surface area contributed by atoms with Crippen molar-refractivity contribution in [2.75, 3.05) is 16.8 Å². The average molecular weight is 419 g/mol. The lowest BCUT2D eigenvalue weighted by Gasteiger charge is -2.34. The number of benzene rings is 2. The van der Waals surface area contributed by atoms with Gasteiger partial charge < -0.3 is 10.1 Å². The second-order valence-corrected chi connectivity index (χ2v) is 7.46. The number of ether oxygens (including phenoxy) is 1. The fraction of sp³-hybridized carbons (Fsp3) is 0.167. The Morgan fingerprint density at radius 3 is 2.71 bits per heavy atom. The van der Waals surface area contributed by atoms with Gasteiger partial charge in [-0.2, -0.15) is 8.78 Å². The Labute approximate surface area is 178 Å². The van der Waals surface area contributed by atoms with Crippen molar-refractivity contribution in [2.45, 2.75) is 19.0 Å². The Bertz CT molecular complexity index is 1180. The predicted octanol–water partition coefficient (Wildman–Crippen LogP) is 5.17. The van der Waals surface area contributed by atoms with Crippen molar-refractivity contribution in [3.63, 3.8) is 0 Å². The lowest BCUT2D eigenvalue weighted by atomic mass is 10.0. The first-order valence-electron chi connectivity index (χ1n) is 9.98. The van der Waals surface area contributed by atoms with Crippen LogP contribution in [0.2, 0.25) is 0 Å². The SMILES string of the molecule is O=C1N(CCC2=CCc3ccccc32)c2ccc(Nc3ccncc3)cc2OC1(F)F. The smallest absolute Gasteiger partial charge is 0.423 e. The van der Waals surface area contributed by atoms with Gasteiger partial charge in [-0.3, -0.25) is 14.7 Å². The van der Waals surface area contributed by atoms with Gasteiger partial charge in [0.05, 0.1) is 5.69 Å². The number of aromatic nitrogens is 1. The molecule has 2 aliphatic rings. The third-order valence-corrected chi connectivity index (χ3v) is 5.49. The molecular weight excluding hydrogens is 400 g/mol. The summed E-state index contributed by atoms with van der Waals surface area (Å²) in [6, 6.07) is 16.4. The molecular formula is C24H19F2N3O2. The number of allylic oxidation sites excluding steroid dienone is 1. The minimum atomic E-state index is -3.91. The average Bonchev–Trinajstić information content (AvgIpc) is 3.18. The molecule has 3 aromatic rings. The Morgan fingerprint density at radius 1 is 1.06 bits per heavy atom. The van der Waals surface area contributed by atoms with Gasteiger partial charge in [-0.15, -0.1) is 0 Å². The molecule has 1 aliphatic carbocycles. The molecule has 0 fully saturated rings.